The molecule has 0 aromatic rings. The van der Waals surface area contributed by atoms with Crippen molar-refractivity contribution in [2.24, 2.45) is 0 Å². The van der Waals surface area contributed by atoms with E-state index < -0.39 is 97.5 Å². The quantitative estimate of drug-likeness (QED) is 0.0169. The van der Waals surface area contributed by atoms with Crippen molar-refractivity contribution in [2.45, 2.75) is 380 Å². The number of phosphoric ester groups is 2. The van der Waals surface area contributed by atoms with Gasteiger partial charge in [0.1, 0.15) is 19.3 Å². The number of allylic oxidation sites excluding steroid dienone is 6. The van der Waals surface area contributed by atoms with Gasteiger partial charge in [0, 0.05) is 25.7 Å². The highest BCUT2D eigenvalue weighted by molar-refractivity contribution is 7.47. The Kier molecular flexibility index (Phi) is 66.8. The van der Waals surface area contributed by atoms with Crippen LogP contribution in [0.5, 0.6) is 0 Å². The molecular weight excluding hydrogens is 1230 g/mol. The zero-order valence-corrected chi connectivity index (χ0v) is 61.9. The summed E-state index contributed by atoms with van der Waals surface area (Å²) in [6.07, 6.45) is 62.8. The smallest absolute Gasteiger partial charge is 0.462 e. The first-order valence-electron chi connectivity index (χ1n) is 38.2. The van der Waals surface area contributed by atoms with Crippen LogP contribution in [0.4, 0.5) is 0 Å². The average molecular weight is 1380 g/mol. The van der Waals surface area contributed by atoms with Gasteiger partial charge in [0.15, 0.2) is 12.2 Å². The summed E-state index contributed by atoms with van der Waals surface area (Å²) in [6.45, 7) is 4.88. The van der Waals surface area contributed by atoms with Gasteiger partial charge in [-0.05, 0) is 103 Å². The fraction of sp³-hybridized carbons (Fsp3) is 0.867. The van der Waals surface area contributed by atoms with Crippen molar-refractivity contribution in [1.82, 2.24) is 0 Å². The third-order valence-corrected chi connectivity index (χ3v) is 18.5. The third-order valence-electron chi connectivity index (χ3n) is 16.6. The second kappa shape index (κ2) is 68.8. The molecule has 5 atom stereocenters. The molecule has 5 unspecified atom stereocenters. The fourth-order valence-corrected chi connectivity index (χ4v) is 12.3. The maximum atomic E-state index is 13.1. The molecule has 0 saturated heterocycles. The molecule has 19 heteroatoms. The lowest BCUT2D eigenvalue weighted by Crippen LogP contribution is -2.30. The van der Waals surface area contributed by atoms with Gasteiger partial charge in [0.05, 0.1) is 26.4 Å². The van der Waals surface area contributed by atoms with Crippen molar-refractivity contribution in [2.75, 3.05) is 39.6 Å². The van der Waals surface area contributed by atoms with Crippen LogP contribution in [-0.2, 0) is 65.4 Å². The fourth-order valence-electron chi connectivity index (χ4n) is 10.7. The van der Waals surface area contributed by atoms with Crippen LogP contribution in [0.2, 0.25) is 0 Å². The van der Waals surface area contributed by atoms with Gasteiger partial charge in [-0.2, -0.15) is 0 Å². The Hall–Kier alpha value is -2.72. The molecule has 0 amide bonds. The SMILES string of the molecule is CCCCCC/C=C\CCCCCCCC(=O)OCC(COP(=O)(O)OCC(O)COP(=O)(O)OCC(COC(=O)CCCCCCC/C=C\CCCCCCCC)OC(=O)CCCCCCC/C=C\CCCCCCCC)OC(=O)CCCCCCCCCCCCC. The van der Waals surface area contributed by atoms with Gasteiger partial charge >= 0.3 is 39.5 Å². The number of unbranched alkanes of at least 4 members (excludes halogenated alkanes) is 41. The molecule has 3 N–H and O–H groups in total. The Bertz CT molecular complexity index is 1930. The number of hydrogen-bond acceptors (Lipinski definition) is 15. The van der Waals surface area contributed by atoms with E-state index in [9.17, 15) is 43.2 Å². The van der Waals surface area contributed by atoms with Crippen molar-refractivity contribution in [3.8, 4) is 0 Å². The lowest BCUT2D eigenvalue weighted by atomic mass is 10.1. The number of carbonyl (C=O) groups is 4. The molecule has 0 spiro atoms. The van der Waals surface area contributed by atoms with E-state index in [1.165, 1.54) is 141 Å². The molecule has 0 aliphatic carbocycles. The maximum Gasteiger partial charge on any atom is 0.472 e. The van der Waals surface area contributed by atoms with Crippen LogP contribution in [0.1, 0.15) is 362 Å². The van der Waals surface area contributed by atoms with Crippen LogP contribution in [0.25, 0.3) is 0 Å². The third kappa shape index (κ3) is 67.8. The van der Waals surface area contributed by atoms with E-state index >= 15 is 0 Å². The van der Waals surface area contributed by atoms with Crippen LogP contribution in [-0.4, -0.2) is 96.7 Å². The number of rotatable bonds is 73. The Morgan fingerprint density at radius 1 is 0.287 bits per heavy atom. The first-order chi connectivity index (χ1) is 45.7. The average Bonchev–Trinajstić information content (AvgIpc) is 1.22. The van der Waals surface area contributed by atoms with Crippen LogP contribution < -0.4 is 0 Å². The van der Waals surface area contributed by atoms with Crippen molar-refractivity contribution in [3.05, 3.63) is 36.5 Å². The zero-order valence-electron chi connectivity index (χ0n) is 60.2. The largest absolute Gasteiger partial charge is 0.472 e. The van der Waals surface area contributed by atoms with Crippen molar-refractivity contribution in [1.29, 1.82) is 0 Å². The summed E-state index contributed by atoms with van der Waals surface area (Å²) >= 11 is 0. The Balaban J connectivity index is 5.30. The highest BCUT2D eigenvalue weighted by Crippen LogP contribution is 2.45. The molecule has 552 valence electrons. The van der Waals surface area contributed by atoms with Gasteiger partial charge in [-0.15, -0.1) is 0 Å². The van der Waals surface area contributed by atoms with E-state index in [0.29, 0.717) is 25.7 Å². The first kappa shape index (κ1) is 91.3. The van der Waals surface area contributed by atoms with E-state index in [-0.39, 0.29) is 25.7 Å². The van der Waals surface area contributed by atoms with E-state index in [4.69, 9.17) is 37.0 Å². The summed E-state index contributed by atoms with van der Waals surface area (Å²) in [5.74, 6) is -2.17. The number of carbonyl (C=O) groups excluding carboxylic acids is 4. The zero-order chi connectivity index (χ0) is 69.0. The van der Waals surface area contributed by atoms with Gasteiger partial charge < -0.3 is 33.8 Å². The molecule has 0 rings (SSSR count). The molecule has 0 aliphatic heterocycles. The lowest BCUT2D eigenvalue weighted by Gasteiger charge is -2.21. The molecule has 0 radical (unpaired) electrons. The summed E-state index contributed by atoms with van der Waals surface area (Å²) in [6, 6.07) is 0. The number of aliphatic hydroxyl groups is 1. The second-order valence-electron chi connectivity index (χ2n) is 25.9. The van der Waals surface area contributed by atoms with Crippen molar-refractivity contribution in [3.63, 3.8) is 0 Å². The molecule has 94 heavy (non-hydrogen) atoms. The number of phosphoric acid groups is 2. The van der Waals surface area contributed by atoms with Crippen molar-refractivity contribution < 1.29 is 80.2 Å². The summed E-state index contributed by atoms with van der Waals surface area (Å²) in [5, 5.41) is 10.6. The molecule has 0 saturated carbocycles. The minimum absolute atomic E-state index is 0.0897. The summed E-state index contributed by atoms with van der Waals surface area (Å²) in [4.78, 5) is 72.7. The Labute approximate surface area is 573 Å². The maximum absolute atomic E-state index is 13.1. The molecule has 0 heterocycles. The van der Waals surface area contributed by atoms with Gasteiger partial charge in [-0.25, -0.2) is 9.13 Å². The van der Waals surface area contributed by atoms with Crippen molar-refractivity contribution >= 4 is 39.5 Å². The highest BCUT2D eigenvalue weighted by atomic mass is 31.2. The van der Waals surface area contributed by atoms with E-state index in [2.05, 4.69) is 64.2 Å². The molecule has 0 aliphatic rings. The van der Waals surface area contributed by atoms with Crippen LogP contribution in [0.15, 0.2) is 36.5 Å². The monoisotopic (exact) mass is 1370 g/mol. The summed E-state index contributed by atoms with van der Waals surface area (Å²) in [5.41, 5.74) is 0. The van der Waals surface area contributed by atoms with Gasteiger partial charge in [0.2, 0.25) is 0 Å². The standard InChI is InChI=1S/C75H140O17P2/c1-5-9-13-17-21-25-29-32-34-37-41-44-48-52-56-60-73(78)86-66-71(92-75(80)62-58-54-50-46-42-38-35-33-30-26-22-18-14-10-6-2)68-90-94(83,84)88-64-69(76)63-87-93(81,82)89-67-70(91-74(79)61-57-53-49-45-39-28-24-20-16-12-8-4)65-85-72(77)59-55-51-47-43-40-36-31-27-23-19-15-11-7-3/h27,31-35,69-71,76H,5-26,28-30,36-68H2,1-4H3,(H,81,82)(H,83,84)/b31-27-,34-32-,35-33-. The molecular formula is C75H140O17P2. The van der Waals surface area contributed by atoms with E-state index in [0.717, 1.165) is 141 Å². The Morgan fingerprint density at radius 3 is 0.745 bits per heavy atom. The number of hydrogen-bond donors (Lipinski definition) is 3. The van der Waals surface area contributed by atoms with Gasteiger partial charge in [-0.1, -0.05) is 270 Å². The van der Waals surface area contributed by atoms with Gasteiger partial charge in [0.25, 0.3) is 0 Å². The molecule has 0 bridgehead atoms. The number of esters is 4. The predicted octanol–water partition coefficient (Wildman–Crippen LogP) is 21.6. The molecule has 0 fully saturated rings. The molecule has 17 nitrogen and oxygen atoms in total. The van der Waals surface area contributed by atoms with Crippen LogP contribution >= 0.6 is 15.6 Å². The number of aliphatic hydroxyl groups excluding tert-OH is 1. The second-order valence-corrected chi connectivity index (χ2v) is 28.9. The normalized spacial score (nSPS) is 14.2. The lowest BCUT2D eigenvalue weighted by molar-refractivity contribution is -0.161. The van der Waals surface area contributed by atoms with Crippen LogP contribution in [0, 0.1) is 0 Å². The Morgan fingerprint density at radius 2 is 0.489 bits per heavy atom. The highest BCUT2D eigenvalue weighted by Gasteiger charge is 2.30. The van der Waals surface area contributed by atoms with Gasteiger partial charge in [-0.3, -0.25) is 37.3 Å². The summed E-state index contributed by atoms with van der Waals surface area (Å²) in [7, 11) is -9.93. The minimum atomic E-state index is -4.97. The predicted molar refractivity (Wildman–Crippen MR) is 381 cm³/mol. The van der Waals surface area contributed by atoms with E-state index in [1.54, 1.807) is 0 Å². The molecule has 0 aromatic carbocycles. The number of ether oxygens (including phenoxy) is 4. The minimum Gasteiger partial charge on any atom is -0.462 e. The molecule has 0 aromatic heterocycles. The van der Waals surface area contributed by atoms with Crippen LogP contribution in [0.3, 0.4) is 0 Å². The summed E-state index contributed by atoms with van der Waals surface area (Å²) < 4.78 is 68.4. The first-order valence-corrected chi connectivity index (χ1v) is 41.2. The topological polar surface area (TPSA) is 237 Å². The van der Waals surface area contributed by atoms with E-state index in [1.807, 2.05) is 0 Å².